The summed E-state index contributed by atoms with van der Waals surface area (Å²) < 4.78 is 5.34. The quantitative estimate of drug-likeness (QED) is 0.870. The van der Waals surface area contributed by atoms with Crippen molar-refractivity contribution in [3.8, 4) is 0 Å². The van der Waals surface area contributed by atoms with Crippen LogP contribution >= 0.6 is 0 Å². The van der Waals surface area contributed by atoms with E-state index in [1.165, 1.54) is 5.56 Å². The van der Waals surface area contributed by atoms with E-state index in [9.17, 15) is 0 Å². The van der Waals surface area contributed by atoms with Gasteiger partial charge in [-0.2, -0.15) is 0 Å². The van der Waals surface area contributed by atoms with Crippen LogP contribution in [0.1, 0.15) is 25.1 Å². The van der Waals surface area contributed by atoms with E-state index in [0.29, 0.717) is 5.92 Å². The van der Waals surface area contributed by atoms with Crippen LogP contribution in [-0.2, 0) is 11.3 Å². The molecule has 106 valence electrons. The number of morpholine rings is 1. The lowest BCUT2D eigenvalue weighted by Crippen LogP contribution is -2.37. The standard InChI is InChI=1S/C14H24N4O/c1-11(2)8-15-9-13-10-16-14(17-12(13)3)18-4-6-19-7-5-18/h10-11,15H,4-9H2,1-3H3. The smallest absolute Gasteiger partial charge is 0.225 e. The first-order valence-electron chi connectivity index (χ1n) is 7.02. The minimum Gasteiger partial charge on any atom is -0.378 e. The number of hydrogen-bond acceptors (Lipinski definition) is 5. The number of aryl methyl sites for hydroxylation is 1. The molecule has 0 spiro atoms. The Labute approximate surface area is 115 Å². The fourth-order valence-corrected chi connectivity index (χ4v) is 2.06. The summed E-state index contributed by atoms with van der Waals surface area (Å²) in [5.41, 5.74) is 2.24. The Morgan fingerprint density at radius 1 is 1.37 bits per heavy atom. The molecule has 0 aromatic carbocycles. The molecule has 0 unspecified atom stereocenters. The Morgan fingerprint density at radius 2 is 2.11 bits per heavy atom. The third-order valence-corrected chi connectivity index (χ3v) is 3.23. The highest BCUT2D eigenvalue weighted by Gasteiger charge is 2.14. The van der Waals surface area contributed by atoms with E-state index in [0.717, 1.165) is 51.0 Å². The Kier molecular flexibility index (Phi) is 5.10. The van der Waals surface area contributed by atoms with E-state index >= 15 is 0 Å². The zero-order valence-electron chi connectivity index (χ0n) is 12.1. The molecule has 0 saturated carbocycles. The molecule has 1 saturated heterocycles. The second kappa shape index (κ2) is 6.82. The fraction of sp³-hybridized carbons (Fsp3) is 0.714. The highest BCUT2D eigenvalue weighted by Crippen LogP contribution is 2.12. The van der Waals surface area contributed by atoms with Crippen LogP contribution in [0, 0.1) is 12.8 Å². The Morgan fingerprint density at radius 3 is 2.74 bits per heavy atom. The van der Waals surface area contributed by atoms with Crippen LogP contribution < -0.4 is 10.2 Å². The molecule has 1 aromatic rings. The van der Waals surface area contributed by atoms with Crippen LogP contribution in [0.25, 0.3) is 0 Å². The molecule has 2 rings (SSSR count). The predicted molar refractivity (Wildman–Crippen MR) is 76.3 cm³/mol. The molecule has 1 aromatic heterocycles. The third kappa shape index (κ3) is 4.14. The van der Waals surface area contributed by atoms with E-state index in [4.69, 9.17) is 4.74 Å². The SMILES string of the molecule is Cc1nc(N2CCOCC2)ncc1CNCC(C)C. The number of anilines is 1. The van der Waals surface area contributed by atoms with Crippen molar-refractivity contribution >= 4 is 5.95 Å². The van der Waals surface area contributed by atoms with Crippen molar-refractivity contribution in [1.29, 1.82) is 0 Å². The molecular formula is C14H24N4O. The van der Waals surface area contributed by atoms with E-state index in [2.05, 4.69) is 41.0 Å². The second-order valence-electron chi connectivity index (χ2n) is 5.40. The molecule has 5 nitrogen and oxygen atoms in total. The number of hydrogen-bond donors (Lipinski definition) is 1. The number of aromatic nitrogens is 2. The first kappa shape index (κ1) is 14.2. The van der Waals surface area contributed by atoms with Crippen LogP contribution in [0.4, 0.5) is 5.95 Å². The number of ether oxygens (including phenoxy) is 1. The van der Waals surface area contributed by atoms with Crippen molar-refractivity contribution in [3.63, 3.8) is 0 Å². The Hall–Kier alpha value is -1.20. The Bertz CT molecular complexity index is 402. The van der Waals surface area contributed by atoms with Gasteiger partial charge >= 0.3 is 0 Å². The minimum absolute atomic E-state index is 0.661. The van der Waals surface area contributed by atoms with Gasteiger partial charge in [0.25, 0.3) is 0 Å². The molecule has 1 aliphatic rings. The van der Waals surface area contributed by atoms with E-state index in [-0.39, 0.29) is 0 Å². The molecule has 2 heterocycles. The summed E-state index contributed by atoms with van der Waals surface area (Å²) in [6.45, 7) is 11.6. The summed E-state index contributed by atoms with van der Waals surface area (Å²) in [6.07, 6.45) is 1.94. The summed E-state index contributed by atoms with van der Waals surface area (Å²) in [5.74, 6) is 1.49. The summed E-state index contributed by atoms with van der Waals surface area (Å²) in [4.78, 5) is 11.3. The summed E-state index contributed by atoms with van der Waals surface area (Å²) in [6, 6.07) is 0. The average Bonchev–Trinajstić information content (AvgIpc) is 2.41. The molecule has 19 heavy (non-hydrogen) atoms. The molecule has 1 fully saturated rings. The van der Waals surface area contributed by atoms with E-state index in [1.54, 1.807) is 0 Å². The minimum atomic E-state index is 0.661. The van der Waals surface area contributed by atoms with Crippen molar-refractivity contribution < 1.29 is 4.74 Å². The maximum atomic E-state index is 5.34. The molecule has 0 radical (unpaired) electrons. The summed E-state index contributed by atoms with van der Waals surface area (Å²) >= 11 is 0. The van der Waals surface area contributed by atoms with Crippen molar-refractivity contribution in [2.75, 3.05) is 37.7 Å². The lowest BCUT2D eigenvalue weighted by molar-refractivity contribution is 0.122. The van der Waals surface area contributed by atoms with Gasteiger partial charge in [0, 0.05) is 37.1 Å². The molecule has 0 amide bonds. The van der Waals surface area contributed by atoms with Gasteiger partial charge in [-0.3, -0.25) is 0 Å². The summed E-state index contributed by atoms with van der Waals surface area (Å²) in [5, 5.41) is 3.43. The first-order valence-corrected chi connectivity index (χ1v) is 7.02. The maximum absolute atomic E-state index is 5.34. The van der Waals surface area contributed by atoms with Gasteiger partial charge in [0.1, 0.15) is 0 Å². The van der Waals surface area contributed by atoms with Gasteiger partial charge in [-0.1, -0.05) is 13.8 Å². The van der Waals surface area contributed by atoms with Crippen LogP contribution in [0.5, 0.6) is 0 Å². The van der Waals surface area contributed by atoms with Gasteiger partial charge in [-0.05, 0) is 19.4 Å². The molecule has 1 aliphatic heterocycles. The summed E-state index contributed by atoms with van der Waals surface area (Å²) in [7, 11) is 0. The van der Waals surface area contributed by atoms with Crippen molar-refractivity contribution in [2.45, 2.75) is 27.3 Å². The second-order valence-corrected chi connectivity index (χ2v) is 5.40. The van der Waals surface area contributed by atoms with Gasteiger partial charge in [-0.15, -0.1) is 0 Å². The monoisotopic (exact) mass is 264 g/mol. The van der Waals surface area contributed by atoms with Crippen LogP contribution in [0.15, 0.2) is 6.20 Å². The predicted octanol–water partition coefficient (Wildman–Crippen LogP) is 1.37. The zero-order valence-corrected chi connectivity index (χ0v) is 12.1. The molecular weight excluding hydrogens is 240 g/mol. The van der Waals surface area contributed by atoms with Gasteiger partial charge in [0.2, 0.25) is 5.95 Å². The first-order chi connectivity index (χ1) is 9.16. The number of rotatable bonds is 5. The van der Waals surface area contributed by atoms with Crippen molar-refractivity contribution in [1.82, 2.24) is 15.3 Å². The van der Waals surface area contributed by atoms with Gasteiger partial charge < -0.3 is 15.0 Å². The van der Waals surface area contributed by atoms with Crippen molar-refractivity contribution in [2.24, 2.45) is 5.92 Å². The molecule has 1 N–H and O–H groups in total. The number of nitrogens with one attached hydrogen (secondary N) is 1. The van der Waals surface area contributed by atoms with Crippen LogP contribution in [0.3, 0.4) is 0 Å². The molecule has 0 aliphatic carbocycles. The van der Waals surface area contributed by atoms with Crippen molar-refractivity contribution in [3.05, 3.63) is 17.5 Å². The maximum Gasteiger partial charge on any atom is 0.225 e. The lowest BCUT2D eigenvalue weighted by Gasteiger charge is -2.27. The van der Waals surface area contributed by atoms with Gasteiger partial charge in [0.15, 0.2) is 0 Å². The Balaban J connectivity index is 1.96. The fourth-order valence-electron chi connectivity index (χ4n) is 2.06. The molecule has 0 atom stereocenters. The zero-order chi connectivity index (χ0) is 13.7. The highest BCUT2D eigenvalue weighted by atomic mass is 16.5. The molecule has 5 heteroatoms. The highest BCUT2D eigenvalue weighted by molar-refractivity contribution is 5.33. The van der Waals surface area contributed by atoms with Crippen LogP contribution in [-0.4, -0.2) is 42.8 Å². The van der Waals surface area contributed by atoms with Gasteiger partial charge in [0.05, 0.1) is 13.2 Å². The third-order valence-electron chi connectivity index (χ3n) is 3.23. The molecule has 0 bridgehead atoms. The van der Waals surface area contributed by atoms with Gasteiger partial charge in [-0.25, -0.2) is 9.97 Å². The average molecular weight is 264 g/mol. The van der Waals surface area contributed by atoms with E-state index in [1.807, 2.05) is 6.20 Å². The van der Waals surface area contributed by atoms with Crippen LogP contribution in [0.2, 0.25) is 0 Å². The van der Waals surface area contributed by atoms with E-state index < -0.39 is 0 Å². The topological polar surface area (TPSA) is 50.3 Å². The normalized spacial score (nSPS) is 16.1. The number of nitrogens with zero attached hydrogens (tertiary/aromatic N) is 3. The lowest BCUT2D eigenvalue weighted by atomic mass is 10.2. The largest absolute Gasteiger partial charge is 0.378 e.